The normalized spacial score (nSPS) is 34.4. The summed E-state index contributed by atoms with van der Waals surface area (Å²) in [4.78, 5) is 12.0. The zero-order valence-electron chi connectivity index (χ0n) is 39.0. The number of hydrogen-bond donors (Lipinski definition) is 2. The predicted octanol–water partition coefficient (Wildman–Crippen LogP) is 6.01. The first kappa shape index (κ1) is 84.4. The molecule has 0 atom stereocenters. The molecule has 6 aliphatic heterocycles. The van der Waals surface area contributed by atoms with E-state index < -0.39 is 70.4 Å². The van der Waals surface area contributed by atoms with E-state index in [4.69, 9.17) is 49.4 Å². The van der Waals surface area contributed by atoms with Gasteiger partial charge >= 0.3 is 70.4 Å². The third kappa shape index (κ3) is 37.2. The van der Waals surface area contributed by atoms with Crippen LogP contribution >= 0.6 is 0 Å². The van der Waals surface area contributed by atoms with Gasteiger partial charge in [0.1, 0.15) is 0 Å². The molecule has 60 heavy (non-hydrogen) atoms. The smallest absolute Gasteiger partial charge is 0.374 e. The summed E-state index contributed by atoms with van der Waals surface area (Å²) in [7, 11) is 8.83. The quantitative estimate of drug-likeness (QED) is 0.267. The molecule has 8 bridgehead atoms. The van der Waals surface area contributed by atoms with Crippen LogP contribution in [-0.2, 0) is 49.4 Å². The lowest BCUT2D eigenvalue weighted by molar-refractivity contribution is -0.0175. The molecule has 0 aromatic rings. The van der Waals surface area contributed by atoms with Gasteiger partial charge in [0, 0.05) is 52.4 Å². The molecule has 0 aromatic carbocycles. The Morgan fingerprint density at radius 3 is 0.250 bits per heavy atom. The van der Waals surface area contributed by atoms with E-state index in [-0.39, 0.29) is 56.9 Å². The van der Waals surface area contributed by atoms with Crippen molar-refractivity contribution >= 4 is 70.4 Å². The van der Waals surface area contributed by atoms with Crippen LogP contribution in [0.2, 0.25) is 52.4 Å². The largest absolute Gasteiger partial charge is 0.475 e. The Balaban J connectivity index is -0.0000000826. The SMILES string of the molecule is C.C.C.C.C.C.CN(C)C.CN(C)C.CN(C)C.CN(C)C.CN(C)C.CN(C)C.C[Si]12O[Si]3(C)O[Si]4(C)O[Si](C)(O1)O[Si]1(C)O[Si](C)(O2)O[Si](C)(O3)O[Si](C)(O4)O1.N.N. The molecule has 6 aliphatic rings. The lowest BCUT2D eigenvalue weighted by Crippen LogP contribution is -2.86. The summed E-state index contributed by atoms with van der Waals surface area (Å²) in [5.74, 6) is 0. The average Bonchev–Trinajstić information content (AvgIpc) is 2.68. The van der Waals surface area contributed by atoms with E-state index in [1.807, 2.05) is 156 Å². The second-order valence-electron chi connectivity index (χ2n) is 16.2. The Bertz CT molecular complexity index is 746. The first-order chi connectivity index (χ1) is 22.9. The summed E-state index contributed by atoms with van der Waals surface area (Å²) in [6, 6.07) is 0. The summed E-state index contributed by atoms with van der Waals surface area (Å²) < 4.78 is 76.7. The highest BCUT2D eigenvalue weighted by Crippen LogP contribution is 2.47. The van der Waals surface area contributed by atoms with Crippen LogP contribution in [0.25, 0.3) is 0 Å². The van der Waals surface area contributed by atoms with Crippen molar-refractivity contribution < 1.29 is 49.4 Å². The Labute approximate surface area is 383 Å². The van der Waals surface area contributed by atoms with Crippen LogP contribution in [0, 0.1) is 0 Å². The fourth-order valence-corrected chi connectivity index (χ4v) is 49.9. The zero-order valence-corrected chi connectivity index (χ0v) is 47.0. The van der Waals surface area contributed by atoms with E-state index in [1.54, 1.807) is 52.4 Å². The molecule has 28 heteroatoms. The van der Waals surface area contributed by atoms with E-state index in [2.05, 4.69) is 0 Å². The molecule has 6 fully saturated rings. The molecule has 6 rings (SSSR count). The van der Waals surface area contributed by atoms with Crippen molar-refractivity contribution in [2.45, 2.75) is 96.9 Å². The highest BCUT2D eigenvalue weighted by molar-refractivity contribution is 7.02. The highest BCUT2D eigenvalue weighted by Gasteiger charge is 2.78. The van der Waals surface area contributed by atoms with Gasteiger partial charge in [0.25, 0.3) is 0 Å². The first-order valence-corrected chi connectivity index (χ1v) is 34.7. The topological polar surface area (TPSA) is 200 Å². The first-order valence-electron chi connectivity index (χ1n) is 16.9. The van der Waals surface area contributed by atoms with Crippen molar-refractivity contribution in [3.05, 3.63) is 0 Å². The lowest BCUT2D eigenvalue weighted by Gasteiger charge is -2.60. The van der Waals surface area contributed by atoms with Crippen molar-refractivity contribution in [3.63, 3.8) is 0 Å². The van der Waals surface area contributed by atoms with Gasteiger partial charge in [-0.25, -0.2) is 0 Å². The van der Waals surface area contributed by atoms with Crippen LogP contribution < -0.4 is 12.3 Å². The Morgan fingerprint density at radius 1 is 0.183 bits per heavy atom. The summed E-state index contributed by atoms with van der Waals surface area (Å²) in [5.41, 5.74) is 0. The van der Waals surface area contributed by atoms with Crippen molar-refractivity contribution in [3.8, 4) is 0 Å². The summed E-state index contributed by atoms with van der Waals surface area (Å²) in [5, 5.41) is 0. The van der Waals surface area contributed by atoms with Gasteiger partial charge in [-0.3, -0.25) is 0 Å². The predicted molar refractivity (Wildman–Crippen MR) is 274 cm³/mol. The standard InChI is InChI=1S/C8H24O12Si8.6C3H9N.6CH4.2H3N/c1-21-9-22(2)12-25(5)14-23(3,10-21)16-27(7)17-24(4,11-21)15-26(6,13-22)19-28(8,18-25)20-27;6*1-4(2)3;;;;;;;;/h1-8H3;6*1-3H3;6*1H4;2*1H3. The second kappa shape index (κ2) is 33.4. The molecule has 0 radical (unpaired) electrons. The number of hydrogen-bond acceptors (Lipinski definition) is 20. The fraction of sp³-hybridized carbons (Fsp3) is 1.00. The third-order valence-electron chi connectivity index (χ3n) is 4.45. The minimum atomic E-state index is -3.40. The Hall–Kier alpha value is 0.935. The average molecular weight is 1020 g/mol. The van der Waals surface area contributed by atoms with Crippen molar-refractivity contribution in [2.24, 2.45) is 0 Å². The molecule has 6 saturated heterocycles. The number of rotatable bonds is 0. The molecular weight excluding hydrogens is 913 g/mol. The Kier molecular flexibility index (Phi) is 47.0. The molecule has 0 unspecified atom stereocenters. The Morgan fingerprint density at radius 2 is 0.217 bits per heavy atom. The van der Waals surface area contributed by atoms with E-state index in [0.29, 0.717) is 0 Å². The minimum Gasteiger partial charge on any atom is -0.374 e. The second-order valence-corrected chi connectivity index (χ2v) is 39.8. The van der Waals surface area contributed by atoms with Crippen LogP contribution in [0.3, 0.4) is 0 Å². The molecule has 380 valence electrons. The lowest BCUT2D eigenvalue weighted by atomic mass is 11.0. The molecule has 20 nitrogen and oxygen atoms in total. The van der Waals surface area contributed by atoms with E-state index in [9.17, 15) is 0 Å². The molecular formula is C32H108N8O12Si8. The molecule has 0 amide bonds. The third-order valence-corrected chi connectivity index (χ3v) is 40.0. The van der Waals surface area contributed by atoms with Crippen LogP contribution in [-0.4, -0.2) is 227 Å². The van der Waals surface area contributed by atoms with Gasteiger partial charge in [0.2, 0.25) is 0 Å². The zero-order chi connectivity index (χ0) is 41.9. The van der Waals surface area contributed by atoms with Gasteiger partial charge in [0.05, 0.1) is 0 Å². The molecule has 0 saturated carbocycles. The highest BCUT2D eigenvalue weighted by atomic mass is 28.6. The van der Waals surface area contributed by atoms with Gasteiger partial charge in [-0.1, -0.05) is 44.6 Å². The monoisotopic (exact) mass is 1020 g/mol. The van der Waals surface area contributed by atoms with E-state index in [0.717, 1.165) is 0 Å². The van der Waals surface area contributed by atoms with Crippen LogP contribution in [0.4, 0.5) is 0 Å². The van der Waals surface area contributed by atoms with Crippen molar-refractivity contribution in [2.75, 3.05) is 127 Å². The van der Waals surface area contributed by atoms with Gasteiger partial charge in [-0.15, -0.1) is 0 Å². The fourth-order valence-electron chi connectivity index (χ4n) is 4.54. The summed E-state index contributed by atoms with van der Waals surface area (Å²) in [6.45, 7) is 14.0. The maximum absolute atomic E-state index is 6.39. The van der Waals surface area contributed by atoms with Crippen molar-refractivity contribution in [1.29, 1.82) is 0 Å². The molecule has 0 aromatic heterocycles. The van der Waals surface area contributed by atoms with Gasteiger partial charge in [0.15, 0.2) is 0 Å². The maximum atomic E-state index is 6.39. The molecule has 6 heterocycles. The van der Waals surface area contributed by atoms with Gasteiger partial charge in [-0.05, 0) is 127 Å². The van der Waals surface area contributed by atoms with Crippen LogP contribution in [0.1, 0.15) is 44.6 Å². The molecule has 6 N–H and O–H groups in total. The van der Waals surface area contributed by atoms with E-state index >= 15 is 0 Å². The molecule has 0 aliphatic carbocycles. The number of nitrogens with zero attached hydrogens (tertiary/aromatic N) is 6. The molecule has 0 spiro atoms. The summed E-state index contributed by atoms with van der Waals surface area (Å²) >= 11 is 0. The van der Waals surface area contributed by atoms with Crippen LogP contribution in [0.15, 0.2) is 0 Å². The minimum absolute atomic E-state index is 0. The van der Waals surface area contributed by atoms with Crippen molar-refractivity contribution in [1.82, 2.24) is 41.7 Å². The van der Waals surface area contributed by atoms with Gasteiger partial charge in [-0.2, -0.15) is 0 Å². The van der Waals surface area contributed by atoms with Crippen LogP contribution in [0.5, 0.6) is 0 Å². The van der Waals surface area contributed by atoms with E-state index in [1.165, 1.54) is 0 Å². The maximum Gasteiger partial charge on any atom is 0.475 e. The van der Waals surface area contributed by atoms with Gasteiger partial charge < -0.3 is 91.1 Å². The summed E-state index contributed by atoms with van der Waals surface area (Å²) in [6.07, 6.45) is 0.